The molecule has 0 spiro atoms. The maximum absolute atomic E-state index is 10.4. The van der Waals surface area contributed by atoms with E-state index >= 15 is 0 Å². The van der Waals surface area contributed by atoms with Crippen LogP contribution in [0.4, 0.5) is 0 Å². The van der Waals surface area contributed by atoms with Crippen LogP contribution in [-0.4, -0.2) is 38.9 Å². The SMILES string of the molecule is N=C1C(c2nc(-c3ccc(Cl)cc3)cs2)=C(O)CN1CCc1ccccn1. The van der Waals surface area contributed by atoms with E-state index in [1.54, 1.807) is 6.20 Å². The van der Waals surface area contributed by atoms with Gasteiger partial charge in [0.2, 0.25) is 0 Å². The van der Waals surface area contributed by atoms with E-state index in [1.165, 1.54) is 11.3 Å². The molecule has 0 saturated carbocycles. The number of rotatable bonds is 5. The zero-order valence-corrected chi connectivity index (χ0v) is 16.0. The summed E-state index contributed by atoms with van der Waals surface area (Å²) in [4.78, 5) is 10.8. The highest BCUT2D eigenvalue weighted by atomic mass is 35.5. The van der Waals surface area contributed by atoms with Crippen LogP contribution >= 0.6 is 22.9 Å². The van der Waals surface area contributed by atoms with Crippen LogP contribution in [0.1, 0.15) is 10.7 Å². The van der Waals surface area contributed by atoms with Crippen molar-refractivity contribution in [3.05, 3.63) is 75.5 Å². The van der Waals surface area contributed by atoms with Gasteiger partial charge in [0.05, 0.1) is 17.8 Å². The molecular formula is C20H17ClN4OS. The highest BCUT2D eigenvalue weighted by Gasteiger charge is 2.30. The minimum atomic E-state index is 0.193. The Morgan fingerprint density at radius 3 is 2.74 bits per heavy atom. The Labute approximate surface area is 166 Å². The summed E-state index contributed by atoms with van der Waals surface area (Å²) in [6, 6.07) is 13.3. The molecule has 27 heavy (non-hydrogen) atoms. The molecule has 2 aromatic heterocycles. The zero-order valence-electron chi connectivity index (χ0n) is 14.4. The Bertz CT molecular complexity index is 998. The van der Waals surface area contributed by atoms with Crippen LogP contribution in [0.15, 0.2) is 59.8 Å². The molecule has 7 heteroatoms. The Balaban J connectivity index is 1.49. The molecule has 5 nitrogen and oxygen atoms in total. The fraction of sp³-hybridized carbons (Fsp3) is 0.150. The molecule has 0 unspecified atom stereocenters. The quantitative estimate of drug-likeness (QED) is 0.657. The topological polar surface area (TPSA) is 73.1 Å². The third kappa shape index (κ3) is 3.72. The summed E-state index contributed by atoms with van der Waals surface area (Å²) < 4.78 is 0. The molecule has 0 saturated heterocycles. The summed E-state index contributed by atoms with van der Waals surface area (Å²) >= 11 is 7.37. The predicted molar refractivity (Wildman–Crippen MR) is 109 cm³/mol. The maximum atomic E-state index is 10.4. The lowest BCUT2D eigenvalue weighted by molar-refractivity contribution is 0.351. The van der Waals surface area contributed by atoms with Gasteiger partial charge in [0.25, 0.3) is 0 Å². The number of thiazole rings is 1. The number of nitrogens with zero attached hydrogens (tertiary/aromatic N) is 3. The Morgan fingerprint density at radius 2 is 2.00 bits per heavy atom. The summed E-state index contributed by atoms with van der Waals surface area (Å²) in [6.07, 6.45) is 2.48. The molecule has 4 rings (SSSR count). The maximum Gasteiger partial charge on any atom is 0.135 e. The first kappa shape index (κ1) is 17.7. The second kappa shape index (κ2) is 7.50. The largest absolute Gasteiger partial charge is 0.510 e. The first-order valence-corrected chi connectivity index (χ1v) is 9.75. The summed E-state index contributed by atoms with van der Waals surface area (Å²) in [5.74, 6) is 0.499. The van der Waals surface area contributed by atoms with Gasteiger partial charge >= 0.3 is 0 Å². The fourth-order valence-electron chi connectivity index (χ4n) is 2.99. The smallest absolute Gasteiger partial charge is 0.135 e. The molecule has 0 radical (unpaired) electrons. The van der Waals surface area contributed by atoms with Crippen molar-refractivity contribution in [2.24, 2.45) is 0 Å². The third-order valence-corrected chi connectivity index (χ3v) is 5.52. The number of benzene rings is 1. The molecule has 0 atom stereocenters. The monoisotopic (exact) mass is 396 g/mol. The van der Waals surface area contributed by atoms with Crippen molar-refractivity contribution in [2.75, 3.05) is 13.1 Å². The molecule has 0 bridgehead atoms. The van der Waals surface area contributed by atoms with Crippen LogP contribution in [0.3, 0.4) is 0 Å². The highest BCUT2D eigenvalue weighted by Crippen LogP contribution is 2.32. The number of nitrogens with one attached hydrogen (secondary N) is 1. The van der Waals surface area contributed by atoms with E-state index in [9.17, 15) is 5.11 Å². The van der Waals surface area contributed by atoms with Gasteiger partial charge in [0.15, 0.2) is 0 Å². The second-order valence-corrected chi connectivity index (χ2v) is 7.50. The van der Waals surface area contributed by atoms with E-state index in [0.717, 1.165) is 23.4 Å². The van der Waals surface area contributed by atoms with Gasteiger partial charge in [-0.25, -0.2) is 4.98 Å². The number of aliphatic hydroxyl groups is 1. The fourth-order valence-corrected chi connectivity index (χ4v) is 4.01. The zero-order chi connectivity index (χ0) is 18.8. The standard InChI is InChI=1S/C20H17ClN4OS/c21-14-6-4-13(5-7-14)16-12-27-20(24-16)18-17(26)11-25(19(18)22)10-8-15-3-1-2-9-23-15/h1-7,9,12,22,26H,8,10-11H2. The average molecular weight is 397 g/mol. The van der Waals surface area contributed by atoms with E-state index in [0.29, 0.717) is 34.5 Å². The normalized spacial score (nSPS) is 14.3. The first-order chi connectivity index (χ1) is 13.1. The lowest BCUT2D eigenvalue weighted by Gasteiger charge is -2.17. The molecular weight excluding hydrogens is 380 g/mol. The van der Waals surface area contributed by atoms with Crippen molar-refractivity contribution in [1.82, 2.24) is 14.9 Å². The summed E-state index contributed by atoms with van der Waals surface area (Å²) in [5, 5.41) is 22.2. The molecule has 1 aromatic carbocycles. The molecule has 3 heterocycles. The minimum Gasteiger partial charge on any atom is -0.510 e. The summed E-state index contributed by atoms with van der Waals surface area (Å²) in [7, 11) is 0. The van der Waals surface area contributed by atoms with Crippen molar-refractivity contribution in [1.29, 1.82) is 5.41 Å². The molecule has 0 fully saturated rings. The Hall–Kier alpha value is -2.70. The first-order valence-electron chi connectivity index (χ1n) is 8.49. The Morgan fingerprint density at radius 1 is 1.19 bits per heavy atom. The lowest BCUT2D eigenvalue weighted by atomic mass is 10.2. The van der Waals surface area contributed by atoms with Gasteiger partial charge in [-0.3, -0.25) is 10.4 Å². The van der Waals surface area contributed by atoms with Gasteiger partial charge in [0, 0.05) is 40.8 Å². The van der Waals surface area contributed by atoms with Gasteiger partial charge in [-0.15, -0.1) is 11.3 Å². The van der Waals surface area contributed by atoms with Crippen LogP contribution < -0.4 is 0 Å². The number of hydrogen-bond donors (Lipinski definition) is 2. The number of halogens is 1. The van der Waals surface area contributed by atoms with Crippen LogP contribution in [0.5, 0.6) is 0 Å². The predicted octanol–water partition coefficient (Wildman–Crippen LogP) is 4.66. The van der Waals surface area contributed by atoms with Gasteiger partial charge in [0.1, 0.15) is 16.6 Å². The number of aromatic nitrogens is 2. The summed E-state index contributed by atoms with van der Waals surface area (Å²) in [5.41, 5.74) is 3.25. The molecule has 0 amide bonds. The van der Waals surface area contributed by atoms with E-state index in [-0.39, 0.29) is 5.76 Å². The van der Waals surface area contributed by atoms with Crippen molar-refractivity contribution < 1.29 is 5.11 Å². The van der Waals surface area contributed by atoms with Crippen LogP contribution in [0.2, 0.25) is 5.02 Å². The molecule has 1 aliphatic heterocycles. The third-order valence-electron chi connectivity index (χ3n) is 4.40. The molecule has 3 aromatic rings. The van der Waals surface area contributed by atoms with Crippen molar-refractivity contribution in [2.45, 2.75) is 6.42 Å². The van der Waals surface area contributed by atoms with E-state index in [4.69, 9.17) is 17.0 Å². The number of hydrogen-bond acceptors (Lipinski definition) is 5. The van der Waals surface area contributed by atoms with Crippen LogP contribution in [0.25, 0.3) is 16.8 Å². The van der Waals surface area contributed by atoms with Crippen molar-refractivity contribution in [3.8, 4) is 11.3 Å². The molecule has 136 valence electrons. The van der Waals surface area contributed by atoms with Crippen LogP contribution in [-0.2, 0) is 6.42 Å². The van der Waals surface area contributed by atoms with E-state index in [2.05, 4.69) is 9.97 Å². The number of pyridine rings is 1. The lowest BCUT2D eigenvalue weighted by Crippen LogP contribution is -2.29. The molecule has 1 aliphatic rings. The molecule has 0 aliphatic carbocycles. The number of amidine groups is 1. The van der Waals surface area contributed by atoms with E-state index < -0.39 is 0 Å². The Kier molecular flexibility index (Phi) is 4.92. The van der Waals surface area contributed by atoms with Gasteiger partial charge in [-0.1, -0.05) is 29.8 Å². The van der Waals surface area contributed by atoms with Gasteiger partial charge < -0.3 is 10.0 Å². The van der Waals surface area contributed by atoms with Crippen molar-refractivity contribution in [3.63, 3.8) is 0 Å². The second-order valence-electron chi connectivity index (χ2n) is 6.21. The highest BCUT2D eigenvalue weighted by molar-refractivity contribution is 7.11. The molecule has 2 N–H and O–H groups in total. The number of aliphatic hydroxyl groups excluding tert-OH is 1. The summed E-state index contributed by atoms with van der Waals surface area (Å²) in [6.45, 7) is 0.954. The average Bonchev–Trinajstić information content (AvgIpc) is 3.26. The minimum absolute atomic E-state index is 0.193. The van der Waals surface area contributed by atoms with E-state index in [1.807, 2.05) is 52.7 Å². The van der Waals surface area contributed by atoms with Gasteiger partial charge in [-0.05, 0) is 24.3 Å². The van der Waals surface area contributed by atoms with Crippen LogP contribution in [0, 0.1) is 5.41 Å². The van der Waals surface area contributed by atoms with Crippen molar-refractivity contribution >= 4 is 34.3 Å². The van der Waals surface area contributed by atoms with Gasteiger partial charge in [-0.2, -0.15) is 0 Å².